The largest absolute Gasteiger partial charge is 0.490 e. The van der Waals surface area contributed by atoms with E-state index in [4.69, 9.17) is 4.74 Å². The molecule has 6 heteroatoms. The second-order valence-electron chi connectivity index (χ2n) is 5.64. The molecule has 1 aliphatic rings. The van der Waals surface area contributed by atoms with Crippen molar-refractivity contribution in [3.63, 3.8) is 0 Å². The lowest BCUT2D eigenvalue weighted by atomic mass is 10.2. The zero-order valence-electron chi connectivity index (χ0n) is 12.8. The predicted octanol–water partition coefficient (Wildman–Crippen LogP) is 4.20. The molecule has 126 valence electrons. The van der Waals surface area contributed by atoms with E-state index in [0.717, 1.165) is 30.6 Å². The fourth-order valence-corrected chi connectivity index (χ4v) is 2.65. The smallest absolute Gasteiger partial charge is 0.406 e. The van der Waals surface area contributed by atoms with Crippen molar-refractivity contribution >= 4 is 5.91 Å². The van der Waals surface area contributed by atoms with Gasteiger partial charge in [0.15, 0.2) is 0 Å². The van der Waals surface area contributed by atoms with Gasteiger partial charge in [-0.1, -0.05) is 6.08 Å². The van der Waals surface area contributed by atoms with Crippen LogP contribution in [0.3, 0.4) is 0 Å². The Morgan fingerprint density at radius 1 is 1.26 bits per heavy atom. The number of hydrogen-bond donors (Lipinski definition) is 0. The van der Waals surface area contributed by atoms with E-state index in [1.807, 2.05) is 0 Å². The molecule has 0 unspecified atom stereocenters. The highest BCUT2D eigenvalue weighted by molar-refractivity contribution is 5.94. The quantitative estimate of drug-likeness (QED) is 0.733. The molecule has 1 aliphatic carbocycles. The second-order valence-corrected chi connectivity index (χ2v) is 5.64. The minimum absolute atomic E-state index is 0.154. The first kappa shape index (κ1) is 17.4. The van der Waals surface area contributed by atoms with Crippen molar-refractivity contribution in [1.82, 2.24) is 4.90 Å². The summed E-state index contributed by atoms with van der Waals surface area (Å²) < 4.78 is 43.4. The number of nitrogens with zero attached hydrogens (tertiary/aromatic N) is 1. The molecule has 1 fully saturated rings. The van der Waals surface area contributed by atoms with Crippen LogP contribution in [-0.2, 0) is 0 Å². The van der Waals surface area contributed by atoms with Crippen LogP contribution in [-0.4, -0.2) is 36.2 Å². The minimum atomic E-state index is -4.44. The van der Waals surface area contributed by atoms with Gasteiger partial charge in [0.2, 0.25) is 0 Å². The summed E-state index contributed by atoms with van der Waals surface area (Å²) in [5, 5.41) is 0. The van der Waals surface area contributed by atoms with Crippen molar-refractivity contribution in [2.45, 2.75) is 38.0 Å². The van der Waals surface area contributed by atoms with Gasteiger partial charge in [0.05, 0.1) is 6.10 Å². The van der Waals surface area contributed by atoms with Gasteiger partial charge < -0.3 is 9.64 Å². The van der Waals surface area contributed by atoms with Gasteiger partial charge >= 0.3 is 6.18 Å². The van der Waals surface area contributed by atoms with Crippen LogP contribution in [0, 0.1) is 0 Å². The third-order valence-electron chi connectivity index (χ3n) is 3.71. The number of rotatable bonds is 6. The molecule has 1 amide bonds. The number of amides is 1. The molecule has 0 N–H and O–H groups in total. The molecule has 0 saturated heterocycles. The first-order valence-corrected chi connectivity index (χ1v) is 7.62. The van der Waals surface area contributed by atoms with Crippen LogP contribution in [0.25, 0.3) is 0 Å². The Hall–Kier alpha value is -1.98. The van der Waals surface area contributed by atoms with Crippen LogP contribution in [0.1, 0.15) is 36.0 Å². The molecule has 0 radical (unpaired) electrons. The van der Waals surface area contributed by atoms with Crippen LogP contribution >= 0.6 is 0 Å². The molecule has 2 rings (SSSR count). The van der Waals surface area contributed by atoms with Gasteiger partial charge in [-0.15, -0.1) is 6.58 Å². The van der Waals surface area contributed by atoms with Crippen molar-refractivity contribution in [2.75, 3.05) is 13.1 Å². The lowest BCUT2D eigenvalue weighted by Crippen LogP contribution is -2.39. The van der Waals surface area contributed by atoms with E-state index < -0.39 is 18.6 Å². The molecule has 23 heavy (non-hydrogen) atoms. The lowest BCUT2D eigenvalue weighted by molar-refractivity contribution is -0.139. The lowest BCUT2D eigenvalue weighted by Gasteiger charge is -2.22. The summed E-state index contributed by atoms with van der Waals surface area (Å²) in [6.45, 7) is 1.95. The van der Waals surface area contributed by atoms with Gasteiger partial charge in [0, 0.05) is 12.1 Å². The first-order valence-electron chi connectivity index (χ1n) is 7.62. The van der Waals surface area contributed by atoms with E-state index in [1.54, 1.807) is 12.1 Å². The highest BCUT2D eigenvalue weighted by Crippen LogP contribution is 2.25. The Bertz CT molecular complexity index is 534. The molecule has 1 aromatic rings. The number of hydrogen-bond acceptors (Lipinski definition) is 2. The van der Waals surface area contributed by atoms with Gasteiger partial charge in [0.25, 0.3) is 5.91 Å². The summed E-state index contributed by atoms with van der Waals surface area (Å²) >= 11 is 0. The minimum Gasteiger partial charge on any atom is -0.490 e. The van der Waals surface area contributed by atoms with Crippen LogP contribution in [0.5, 0.6) is 5.75 Å². The second kappa shape index (κ2) is 7.53. The SMILES string of the molecule is C=CCN(CC(F)(F)F)C(=O)c1ccc(OC2CCCC2)cc1. The van der Waals surface area contributed by atoms with Crippen molar-refractivity contribution in [3.05, 3.63) is 42.5 Å². The summed E-state index contributed by atoms with van der Waals surface area (Å²) in [5.41, 5.74) is 0.204. The number of ether oxygens (including phenoxy) is 1. The molecule has 1 saturated carbocycles. The molecule has 1 aromatic carbocycles. The van der Waals surface area contributed by atoms with Crippen LogP contribution < -0.4 is 4.74 Å². The molecule has 0 heterocycles. The van der Waals surface area contributed by atoms with E-state index in [2.05, 4.69) is 6.58 Å². The third-order valence-corrected chi connectivity index (χ3v) is 3.71. The Morgan fingerprint density at radius 3 is 2.39 bits per heavy atom. The summed E-state index contributed by atoms with van der Waals surface area (Å²) in [4.78, 5) is 12.9. The molecule has 3 nitrogen and oxygen atoms in total. The Kier molecular flexibility index (Phi) is 5.69. The fraction of sp³-hybridized carbons (Fsp3) is 0.471. The molecular formula is C17H20F3NO2. The van der Waals surface area contributed by atoms with Crippen molar-refractivity contribution in [3.8, 4) is 5.75 Å². The molecule has 0 atom stereocenters. The number of carbonyl (C=O) groups is 1. The molecular weight excluding hydrogens is 307 g/mol. The summed E-state index contributed by atoms with van der Waals surface area (Å²) in [6, 6.07) is 6.26. The summed E-state index contributed by atoms with van der Waals surface area (Å²) in [7, 11) is 0. The van der Waals surface area contributed by atoms with E-state index in [1.165, 1.54) is 18.2 Å². The van der Waals surface area contributed by atoms with Crippen LogP contribution in [0.2, 0.25) is 0 Å². The van der Waals surface area contributed by atoms with E-state index >= 15 is 0 Å². The zero-order chi connectivity index (χ0) is 16.9. The molecule has 0 aliphatic heterocycles. The highest BCUT2D eigenvalue weighted by Gasteiger charge is 2.32. The zero-order valence-corrected chi connectivity index (χ0v) is 12.8. The predicted molar refractivity (Wildman–Crippen MR) is 81.5 cm³/mol. The normalized spacial score (nSPS) is 15.4. The Morgan fingerprint density at radius 2 is 1.87 bits per heavy atom. The maximum atomic E-state index is 12.5. The van der Waals surface area contributed by atoms with E-state index in [0.29, 0.717) is 5.75 Å². The fourth-order valence-electron chi connectivity index (χ4n) is 2.65. The maximum absolute atomic E-state index is 12.5. The van der Waals surface area contributed by atoms with Crippen LogP contribution in [0.4, 0.5) is 13.2 Å². The summed E-state index contributed by atoms with van der Waals surface area (Å²) in [6.07, 6.45) is 1.35. The standard InChI is InChI=1S/C17H20F3NO2/c1-2-11-21(12-17(18,19)20)16(22)13-7-9-15(10-8-13)23-14-5-3-4-6-14/h2,7-10,14H,1,3-6,11-12H2. The van der Waals surface area contributed by atoms with Gasteiger partial charge in [0.1, 0.15) is 12.3 Å². The number of alkyl halides is 3. The number of benzene rings is 1. The van der Waals surface area contributed by atoms with Crippen molar-refractivity contribution < 1.29 is 22.7 Å². The highest BCUT2D eigenvalue weighted by atomic mass is 19.4. The monoisotopic (exact) mass is 327 g/mol. The molecule has 0 bridgehead atoms. The van der Waals surface area contributed by atoms with Crippen molar-refractivity contribution in [1.29, 1.82) is 0 Å². The van der Waals surface area contributed by atoms with Crippen LogP contribution in [0.15, 0.2) is 36.9 Å². The van der Waals surface area contributed by atoms with Gasteiger partial charge in [-0.2, -0.15) is 13.2 Å². The average Bonchev–Trinajstić information content (AvgIpc) is 2.98. The van der Waals surface area contributed by atoms with Gasteiger partial charge in [-0.05, 0) is 49.9 Å². The third kappa shape index (κ3) is 5.30. The van der Waals surface area contributed by atoms with Gasteiger partial charge in [-0.3, -0.25) is 4.79 Å². The molecule has 0 aromatic heterocycles. The maximum Gasteiger partial charge on any atom is 0.406 e. The van der Waals surface area contributed by atoms with Gasteiger partial charge in [-0.25, -0.2) is 0 Å². The topological polar surface area (TPSA) is 29.5 Å². The van der Waals surface area contributed by atoms with Crippen molar-refractivity contribution in [2.24, 2.45) is 0 Å². The Balaban J connectivity index is 2.03. The molecule has 0 spiro atoms. The Labute approximate surface area is 133 Å². The van der Waals surface area contributed by atoms with E-state index in [-0.39, 0.29) is 18.2 Å². The number of halogens is 3. The van der Waals surface area contributed by atoms with E-state index in [9.17, 15) is 18.0 Å². The first-order chi connectivity index (χ1) is 10.9. The number of carbonyl (C=O) groups excluding carboxylic acids is 1. The average molecular weight is 327 g/mol. The summed E-state index contributed by atoms with van der Waals surface area (Å²) in [5.74, 6) is -0.0332.